The van der Waals surface area contributed by atoms with Crippen LogP contribution >= 0.6 is 22.6 Å². The molecule has 3 saturated heterocycles. The lowest BCUT2D eigenvalue weighted by Gasteiger charge is -2.66. The van der Waals surface area contributed by atoms with Gasteiger partial charge in [-0.15, -0.1) is 0 Å². The molecule has 72 heavy (non-hydrogen) atoms. The highest BCUT2D eigenvalue weighted by molar-refractivity contribution is 14.1. The first kappa shape index (κ1) is 58.9. The van der Waals surface area contributed by atoms with E-state index in [0.717, 1.165) is 11.1 Å². The second-order valence-corrected chi connectivity index (χ2v) is 44.9. The van der Waals surface area contributed by atoms with Crippen LogP contribution in [0.1, 0.15) is 65.5 Å². The first-order valence-corrected chi connectivity index (χ1v) is 38.8. The number of amides is 2. The van der Waals surface area contributed by atoms with Crippen LogP contribution in [0.4, 0.5) is 4.79 Å². The Balaban J connectivity index is 0.000000237. The summed E-state index contributed by atoms with van der Waals surface area (Å²) in [6.45, 7) is 33.2. The number of carbonyl (C=O) groups excluding carboxylic acids is 3. The van der Waals surface area contributed by atoms with Crippen LogP contribution in [-0.2, 0) is 59.7 Å². The van der Waals surface area contributed by atoms with Gasteiger partial charge in [-0.05, 0) is 92.7 Å². The number of rotatable bonds is 15. The van der Waals surface area contributed by atoms with Crippen molar-refractivity contribution in [2.24, 2.45) is 0 Å². The molecule has 2 aliphatic carbocycles. The van der Waals surface area contributed by atoms with Gasteiger partial charge in [0.05, 0.1) is 23.4 Å². The summed E-state index contributed by atoms with van der Waals surface area (Å²) in [5.74, 6) is -0.341. The van der Waals surface area contributed by atoms with E-state index in [1.165, 1.54) is 10.1 Å². The van der Waals surface area contributed by atoms with E-state index in [1.54, 1.807) is 12.2 Å². The smallest absolute Gasteiger partial charge is 0.431 e. The molecule has 402 valence electrons. The summed E-state index contributed by atoms with van der Waals surface area (Å²) in [7, 11) is -9.34. The summed E-state index contributed by atoms with van der Waals surface area (Å²) in [4.78, 5) is 50.5. The molecule has 7 rings (SSSR count). The van der Waals surface area contributed by atoms with Gasteiger partial charge in [-0.25, -0.2) is 14.9 Å². The van der Waals surface area contributed by atoms with Crippen molar-refractivity contribution in [3.05, 3.63) is 83.9 Å². The van der Waals surface area contributed by atoms with Crippen molar-refractivity contribution in [1.29, 1.82) is 0 Å². The molecule has 2 amide bonds. The van der Waals surface area contributed by atoms with Crippen molar-refractivity contribution >= 4 is 73.8 Å². The zero-order chi connectivity index (χ0) is 53.9. The summed E-state index contributed by atoms with van der Waals surface area (Å²) in [6, 6.07) is 19.3. The Morgan fingerprint density at radius 1 is 0.639 bits per heavy atom. The molecule has 0 radical (unpaired) electrons. The fourth-order valence-electron chi connectivity index (χ4n) is 9.18. The number of aliphatic hydroxyl groups excluding tert-OH is 1. The second kappa shape index (κ2) is 20.9. The minimum Gasteiger partial charge on any atom is -0.431 e. The molecule has 0 unspecified atom stereocenters. The number of aliphatic hydroxyl groups is 3. The van der Waals surface area contributed by atoms with E-state index < -0.39 is 103 Å². The molecule has 3 aliphatic heterocycles. The Morgan fingerprint density at radius 3 is 1.54 bits per heavy atom. The molecule has 2 spiro atoms. The zero-order valence-electron chi connectivity index (χ0n) is 45.2. The number of alkyl halides is 1. The number of benzene rings is 2. The molecule has 3 N–H and O–H groups in total. The predicted molar refractivity (Wildman–Crippen MR) is 292 cm³/mol. The first-order valence-electron chi connectivity index (χ1n) is 24.9. The van der Waals surface area contributed by atoms with Crippen LogP contribution in [-0.4, -0.2) is 147 Å². The highest BCUT2D eigenvalue weighted by Crippen LogP contribution is 2.56. The SMILES string of the molecule is CC(C)(C)[Si](C)(C)O[C@H]1[C@@H](O[Si](C)(C)C)[C@@]2(CC(=O)N2OCc2ccccc2)[C@H](I)[C@H]2OC(=O)OC[C@]21O.CC(C)(C)[Si](C)(C)O[C@H]1[C@@H](O[Si](C)(C)C)[C@]2(C=C[C@@]1(O)CO)CC(=O)N2OCc1ccccc1. The monoisotopic (exact) mass is 1180 g/mol. The molecular weight excluding hydrogens is 1100 g/mol. The highest BCUT2D eigenvalue weighted by Gasteiger charge is 2.76. The molecule has 0 aromatic heterocycles. The van der Waals surface area contributed by atoms with Crippen molar-refractivity contribution in [1.82, 2.24) is 10.1 Å². The van der Waals surface area contributed by atoms with Crippen molar-refractivity contribution < 1.29 is 66.6 Å². The summed E-state index contributed by atoms with van der Waals surface area (Å²) in [6.07, 6.45) is -1.40. The maximum absolute atomic E-state index is 13.2. The van der Waals surface area contributed by atoms with Gasteiger partial charge in [0.2, 0.25) is 11.8 Å². The third-order valence-electron chi connectivity index (χ3n) is 15.2. The van der Waals surface area contributed by atoms with E-state index >= 15 is 0 Å². The molecule has 4 fully saturated rings. The quantitative estimate of drug-likeness (QED) is 0.0383. The number of cyclic esters (lactones) is 1. The van der Waals surface area contributed by atoms with E-state index in [1.807, 2.05) is 60.7 Å². The van der Waals surface area contributed by atoms with Gasteiger partial charge < -0.3 is 42.5 Å². The maximum atomic E-state index is 13.2. The molecule has 1 saturated carbocycles. The van der Waals surface area contributed by atoms with Crippen LogP contribution in [0.15, 0.2) is 72.8 Å². The van der Waals surface area contributed by atoms with Crippen LogP contribution in [0.3, 0.4) is 0 Å². The Bertz CT molecular complexity index is 2290. The minimum absolute atomic E-state index is 0.118. The van der Waals surface area contributed by atoms with E-state index in [0.29, 0.717) is 0 Å². The number of ether oxygens (including phenoxy) is 2. The van der Waals surface area contributed by atoms with Crippen LogP contribution in [0, 0.1) is 0 Å². The minimum atomic E-state index is -2.50. The number of hydrogen-bond acceptors (Lipinski definition) is 14. The molecule has 10 atom stereocenters. The Kier molecular flexibility index (Phi) is 17.1. The van der Waals surface area contributed by atoms with Gasteiger partial charge in [0, 0.05) is 0 Å². The fourth-order valence-corrected chi connectivity index (χ4v) is 15.6. The van der Waals surface area contributed by atoms with Crippen LogP contribution < -0.4 is 0 Å². The largest absolute Gasteiger partial charge is 0.508 e. The predicted octanol–water partition coefficient (Wildman–Crippen LogP) is 8.78. The molecular formula is C51H81IN2O14Si4. The van der Waals surface area contributed by atoms with Gasteiger partial charge in [0.1, 0.15) is 60.9 Å². The topological polar surface area (TPSA) is 192 Å². The number of hydroxylamine groups is 4. The van der Waals surface area contributed by atoms with Gasteiger partial charge in [0.15, 0.2) is 45.0 Å². The lowest BCUT2D eigenvalue weighted by molar-refractivity contribution is -0.326. The van der Waals surface area contributed by atoms with Crippen molar-refractivity contribution in [3.63, 3.8) is 0 Å². The third-order valence-corrected chi connectivity index (χ3v) is 27.8. The van der Waals surface area contributed by atoms with E-state index in [-0.39, 0.29) is 54.6 Å². The average molecular weight is 1190 g/mol. The van der Waals surface area contributed by atoms with Crippen molar-refractivity contribution in [2.45, 2.75) is 200 Å². The third kappa shape index (κ3) is 11.8. The number of halogens is 1. The number of fused-ring (bicyclic) bond motifs is 1. The summed E-state index contributed by atoms with van der Waals surface area (Å²) >= 11 is 2.18. The highest BCUT2D eigenvalue weighted by atomic mass is 127. The zero-order valence-corrected chi connectivity index (χ0v) is 51.4. The standard InChI is InChI=1S/C26H40INO8Si2.C25H41NO6Si2/c1-24(2,3)38(7,8)36-22-21(35-37(4,5)6)25(19(27)20-26(22,31)16-32-23(30)34-20)14-18(29)28(25)33-15-17-12-10-9-11-13-17;1-23(2,3)34(7,8)32-22-21(31-33(4,5)6)24(14-15-25(22,29)18-27)16-20(28)26(24)30-17-19-12-10-9-11-13-19/h9-13,19-22,31H,14-16H2,1-8H3;9-15,21-22,27,29H,16-18H2,1-8H3/t19-,20-,21-,22+,25-,26+;21-,22+,24+,25-/m11/s1. The van der Waals surface area contributed by atoms with Crippen LogP contribution in [0.2, 0.25) is 75.5 Å². The van der Waals surface area contributed by atoms with Gasteiger partial charge in [-0.1, -0.05) is 131 Å². The number of β-lactam (4-membered cyclic amide) rings is 2. The first-order chi connectivity index (χ1) is 33.0. The van der Waals surface area contributed by atoms with Gasteiger partial charge in [-0.3, -0.25) is 19.3 Å². The lowest BCUT2D eigenvalue weighted by Crippen LogP contribution is -2.87. The van der Waals surface area contributed by atoms with Crippen LogP contribution in [0.5, 0.6) is 0 Å². The number of hydrogen-bond donors (Lipinski definition) is 3. The lowest BCUT2D eigenvalue weighted by atomic mass is 9.63. The maximum Gasteiger partial charge on any atom is 0.508 e. The number of nitrogens with zero attached hydrogens (tertiary/aromatic N) is 2. The molecule has 2 aromatic rings. The van der Waals surface area contributed by atoms with Gasteiger partial charge in [0.25, 0.3) is 0 Å². The molecule has 5 aliphatic rings. The van der Waals surface area contributed by atoms with Crippen LogP contribution in [0.25, 0.3) is 0 Å². The molecule has 16 nitrogen and oxygen atoms in total. The molecule has 21 heteroatoms. The molecule has 3 heterocycles. The molecule has 2 aromatic carbocycles. The summed E-state index contributed by atoms with van der Waals surface area (Å²) < 4.78 is 37.6. The Hall–Kier alpha value is -2.37. The van der Waals surface area contributed by atoms with E-state index in [9.17, 15) is 29.7 Å². The number of carbonyl (C=O) groups is 3. The summed E-state index contributed by atoms with van der Waals surface area (Å²) in [5, 5.41) is 36.5. The van der Waals surface area contributed by atoms with Gasteiger partial charge >= 0.3 is 6.16 Å². The Morgan fingerprint density at radius 2 is 1.10 bits per heavy atom. The molecule has 0 bridgehead atoms. The van der Waals surface area contributed by atoms with E-state index in [2.05, 4.69) is 130 Å². The fraction of sp³-hybridized carbons (Fsp3) is 0.667. The van der Waals surface area contributed by atoms with Gasteiger partial charge in [-0.2, -0.15) is 0 Å². The van der Waals surface area contributed by atoms with E-state index in [4.69, 9.17) is 36.9 Å². The Labute approximate surface area is 444 Å². The van der Waals surface area contributed by atoms with Crippen molar-refractivity contribution in [3.8, 4) is 0 Å². The second-order valence-electron chi connectivity index (χ2n) is 25.1. The normalized spacial score (nSPS) is 32.1. The van der Waals surface area contributed by atoms with Crippen molar-refractivity contribution in [2.75, 3.05) is 13.2 Å². The summed E-state index contributed by atoms with van der Waals surface area (Å²) in [5.41, 5.74) is -3.38. The average Bonchev–Trinajstić information content (AvgIpc) is 3.25.